The molecule has 0 aromatic carbocycles. The molecule has 1 saturated heterocycles. The number of halogens is 2. The first-order valence-electron chi connectivity index (χ1n) is 7.30. The number of aromatic nitrogens is 1. The number of hydrogen-bond donors (Lipinski definition) is 1. The molecule has 122 valence electrons. The third-order valence-corrected chi connectivity index (χ3v) is 4.11. The Hall–Kier alpha value is -1.01. The molecule has 1 aliphatic rings. The van der Waals surface area contributed by atoms with Gasteiger partial charge in [-0.15, -0.1) is 0 Å². The lowest BCUT2D eigenvalue weighted by Gasteiger charge is -2.34. The van der Waals surface area contributed by atoms with E-state index in [0.717, 1.165) is 23.1 Å². The van der Waals surface area contributed by atoms with Gasteiger partial charge in [0.15, 0.2) is 0 Å². The fraction of sp³-hybridized carbons (Fsp3) is 0.600. The van der Waals surface area contributed by atoms with E-state index in [1.54, 1.807) is 11.1 Å². The minimum Gasteiger partial charge on any atom is -0.444 e. The van der Waals surface area contributed by atoms with Crippen molar-refractivity contribution in [3.63, 3.8) is 0 Å². The van der Waals surface area contributed by atoms with Crippen molar-refractivity contribution in [3.8, 4) is 0 Å². The Morgan fingerprint density at radius 1 is 1.45 bits per heavy atom. The molecule has 22 heavy (non-hydrogen) atoms. The van der Waals surface area contributed by atoms with Crippen molar-refractivity contribution in [3.05, 3.63) is 21.8 Å². The molecule has 1 aromatic heterocycles. The van der Waals surface area contributed by atoms with Gasteiger partial charge < -0.3 is 15.0 Å². The molecule has 2 heterocycles. The second-order valence-electron chi connectivity index (χ2n) is 6.37. The maximum atomic E-state index is 12.0. The molecular weight excluding hydrogens is 370 g/mol. The van der Waals surface area contributed by atoms with E-state index in [1.807, 2.05) is 26.8 Å². The standard InChI is InChI=1S/C15H21BrClN3O2/c1-15(2,3)22-14(21)20-6-4-11(5-7-20)19-13-12(16)8-10(17)9-18-13/h8-9,11H,4-7H2,1-3H3,(H,18,19). The number of hydrogen-bond acceptors (Lipinski definition) is 4. The maximum Gasteiger partial charge on any atom is 0.410 e. The van der Waals surface area contributed by atoms with Crippen molar-refractivity contribution in [2.75, 3.05) is 18.4 Å². The van der Waals surface area contributed by atoms with Gasteiger partial charge in [0.25, 0.3) is 0 Å². The van der Waals surface area contributed by atoms with Gasteiger partial charge in [-0.25, -0.2) is 9.78 Å². The number of likely N-dealkylation sites (tertiary alicyclic amines) is 1. The smallest absolute Gasteiger partial charge is 0.410 e. The van der Waals surface area contributed by atoms with Gasteiger partial charge in [-0.05, 0) is 55.6 Å². The zero-order valence-corrected chi connectivity index (χ0v) is 15.4. The summed E-state index contributed by atoms with van der Waals surface area (Å²) in [5.74, 6) is 0.778. The monoisotopic (exact) mass is 389 g/mol. The number of pyridine rings is 1. The molecule has 7 heteroatoms. The lowest BCUT2D eigenvalue weighted by atomic mass is 10.1. The van der Waals surface area contributed by atoms with Gasteiger partial charge in [-0.3, -0.25) is 0 Å². The molecule has 5 nitrogen and oxygen atoms in total. The minimum atomic E-state index is -0.454. The van der Waals surface area contributed by atoms with Crippen molar-refractivity contribution in [2.45, 2.75) is 45.3 Å². The Balaban J connectivity index is 1.86. The van der Waals surface area contributed by atoms with Crippen LogP contribution in [0.2, 0.25) is 5.02 Å². The van der Waals surface area contributed by atoms with Crippen LogP contribution in [0.15, 0.2) is 16.7 Å². The molecule has 1 amide bonds. The van der Waals surface area contributed by atoms with E-state index in [-0.39, 0.29) is 12.1 Å². The van der Waals surface area contributed by atoms with Gasteiger partial charge in [0, 0.05) is 25.3 Å². The van der Waals surface area contributed by atoms with Gasteiger partial charge in [-0.1, -0.05) is 11.6 Å². The van der Waals surface area contributed by atoms with Crippen LogP contribution in [0.4, 0.5) is 10.6 Å². The zero-order valence-electron chi connectivity index (χ0n) is 13.0. The predicted molar refractivity (Wildman–Crippen MR) is 91.4 cm³/mol. The number of anilines is 1. The first kappa shape index (κ1) is 17.3. The second kappa shape index (κ2) is 7.04. The summed E-state index contributed by atoms with van der Waals surface area (Å²) in [7, 11) is 0. The summed E-state index contributed by atoms with van der Waals surface area (Å²) in [6, 6.07) is 2.09. The van der Waals surface area contributed by atoms with Gasteiger partial charge >= 0.3 is 6.09 Å². The van der Waals surface area contributed by atoms with Crippen molar-refractivity contribution in [1.82, 2.24) is 9.88 Å². The number of carbonyl (C=O) groups is 1. The maximum absolute atomic E-state index is 12.0. The Morgan fingerprint density at radius 3 is 2.64 bits per heavy atom. The van der Waals surface area contributed by atoms with Gasteiger partial charge in [0.2, 0.25) is 0 Å². The average Bonchev–Trinajstić information content (AvgIpc) is 2.41. The lowest BCUT2D eigenvalue weighted by molar-refractivity contribution is 0.0210. The summed E-state index contributed by atoms with van der Waals surface area (Å²) in [6.45, 7) is 6.99. The summed E-state index contributed by atoms with van der Waals surface area (Å²) in [5, 5.41) is 3.98. The molecule has 1 aromatic rings. The van der Waals surface area contributed by atoms with Crippen LogP contribution in [0.25, 0.3) is 0 Å². The van der Waals surface area contributed by atoms with Crippen molar-refractivity contribution >= 4 is 39.4 Å². The highest BCUT2D eigenvalue weighted by atomic mass is 79.9. The Bertz CT molecular complexity index is 540. The van der Waals surface area contributed by atoms with E-state index in [4.69, 9.17) is 16.3 Å². The van der Waals surface area contributed by atoms with Crippen LogP contribution < -0.4 is 5.32 Å². The largest absolute Gasteiger partial charge is 0.444 e. The van der Waals surface area contributed by atoms with E-state index in [0.29, 0.717) is 18.1 Å². The molecule has 0 unspecified atom stereocenters. The third-order valence-electron chi connectivity index (χ3n) is 3.30. The van der Waals surface area contributed by atoms with Crippen LogP contribution >= 0.6 is 27.5 Å². The molecular formula is C15H21BrClN3O2. The average molecular weight is 391 g/mol. The Labute approximate surface area is 144 Å². The molecule has 0 spiro atoms. The molecule has 1 aliphatic heterocycles. The summed E-state index contributed by atoms with van der Waals surface area (Å²) in [6.07, 6.45) is 3.09. The van der Waals surface area contributed by atoms with E-state index in [9.17, 15) is 4.79 Å². The highest BCUT2D eigenvalue weighted by Gasteiger charge is 2.27. The van der Waals surface area contributed by atoms with Gasteiger partial charge in [0.05, 0.1) is 9.50 Å². The fourth-order valence-corrected chi connectivity index (χ4v) is 3.00. The van der Waals surface area contributed by atoms with Crippen LogP contribution in [0.1, 0.15) is 33.6 Å². The predicted octanol–water partition coefficient (Wildman–Crippen LogP) is 4.31. The first-order valence-corrected chi connectivity index (χ1v) is 8.47. The molecule has 0 saturated carbocycles. The van der Waals surface area contributed by atoms with Gasteiger partial charge in [-0.2, -0.15) is 0 Å². The molecule has 2 rings (SSSR count). The number of carbonyl (C=O) groups excluding carboxylic acids is 1. The Morgan fingerprint density at radius 2 is 2.09 bits per heavy atom. The highest BCUT2D eigenvalue weighted by molar-refractivity contribution is 9.10. The van der Waals surface area contributed by atoms with Gasteiger partial charge in [0.1, 0.15) is 11.4 Å². The lowest BCUT2D eigenvalue weighted by Crippen LogP contribution is -2.44. The van der Waals surface area contributed by atoms with Crippen molar-refractivity contribution in [2.24, 2.45) is 0 Å². The molecule has 1 fully saturated rings. The van der Waals surface area contributed by atoms with Crippen molar-refractivity contribution in [1.29, 1.82) is 0 Å². The van der Waals surface area contributed by atoms with E-state index >= 15 is 0 Å². The minimum absolute atomic E-state index is 0.239. The molecule has 0 radical (unpaired) electrons. The summed E-state index contributed by atoms with van der Waals surface area (Å²) in [5.41, 5.74) is -0.454. The molecule has 0 aliphatic carbocycles. The second-order valence-corrected chi connectivity index (χ2v) is 7.66. The van der Waals surface area contributed by atoms with Crippen LogP contribution in [0.5, 0.6) is 0 Å². The SMILES string of the molecule is CC(C)(C)OC(=O)N1CCC(Nc2ncc(Cl)cc2Br)CC1. The molecule has 1 N–H and O–H groups in total. The Kier molecular flexibility index (Phi) is 5.55. The number of ether oxygens (including phenoxy) is 1. The summed E-state index contributed by atoms with van der Waals surface area (Å²) >= 11 is 9.34. The van der Waals surface area contributed by atoms with Crippen LogP contribution in [0, 0.1) is 0 Å². The number of piperidine rings is 1. The van der Waals surface area contributed by atoms with E-state index in [1.165, 1.54) is 0 Å². The topological polar surface area (TPSA) is 54.5 Å². The molecule has 0 bridgehead atoms. The summed E-state index contributed by atoms with van der Waals surface area (Å²) < 4.78 is 6.24. The number of amides is 1. The highest BCUT2D eigenvalue weighted by Crippen LogP contribution is 2.25. The quantitative estimate of drug-likeness (QED) is 0.817. The van der Waals surface area contributed by atoms with Crippen LogP contribution in [-0.4, -0.2) is 40.7 Å². The third kappa shape index (κ3) is 5.02. The number of rotatable bonds is 2. The van der Waals surface area contributed by atoms with Crippen LogP contribution in [-0.2, 0) is 4.74 Å². The van der Waals surface area contributed by atoms with E-state index < -0.39 is 5.60 Å². The zero-order chi connectivity index (χ0) is 16.3. The fourth-order valence-electron chi connectivity index (χ4n) is 2.25. The van der Waals surface area contributed by atoms with Crippen LogP contribution in [0.3, 0.4) is 0 Å². The summed E-state index contributed by atoms with van der Waals surface area (Å²) in [4.78, 5) is 18.1. The number of nitrogens with one attached hydrogen (secondary N) is 1. The van der Waals surface area contributed by atoms with Crippen molar-refractivity contribution < 1.29 is 9.53 Å². The van der Waals surface area contributed by atoms with E-state index in [2.05, 4.69) is 26.2 Å². The molecule has 0 atom stereocenters. The first-order chi connectivity index (χ1) is 10.2. The normalized spacial score (nSPS) is 16.5. The number of nitrogens with zero attached hydrogens (tertiary/aromatic N) is 2.